The summed E-state index contributed by atoms with van der Waals surface area (Å²) in [6.07, 6.45) is 1.63. The zero-order valence-electron chi connectivity index (χ0n) is 11.6. The lowest BCUT2D eigenvalue weighted by Crippen LogP contribution is -2.14. The minimum atomic E-state index is -0.239. The van der Waals surface area contributed by atoms with Crippen LogP contribution in [0.4, 0.5) is 11.4 Å². The second kappa shape index (κ2) is 7.75. The average molecular weight is 350 g/mol. The number of anilines is 2. The number of rotatable bonds is 6. The van der Waals surface area contributed by atoms with Crippen LogP contribution in [0, 0.1) is 0 Å². The van der Waals surface area contributed by atoms with E-state index in [1.165, 1.54) is 0 Å². The van der Waals surface area contributed by atoms with Crippen molar-refractivity contribution in [2.45, 2.75) is 0 Å². The van der Waals surface area contributed by atoms with Crippen LogP contribution in [0.25, 0.3) is 0 Å². The van der Waals surface area contributed by atoms with Crippen LogP contribution in [0.15, 0.2) is 47.1 Å². The van der Waals surface area contributed by atoms with Crippen LogP contribution in [0.5, 0.6) is 0 Å². The Balaban J connectivity index is 1.96. The van der Waals surface area contributed by atoms with Gasteiger partial charge in [0.25, 0.3) is 5.91 Å². The van der Waals surface area contributed by atoms with E-state index in [4.69, 9.17) is 4.74 Å². The standard InChI is InChI=1S/C15H16BrN3O2/c1-21-8-7-17-13-5-6-14(18-10-13)15(20)19-12-4-2-3-11(16)9-12/h2-6,9-10,17H,7-8H2,1H3,(H,19,20). The fourth-order valence-corrected chi connectivity index (χ4v) is 2.09. The molecule has 0 aliphatic rings. The van der Waals surface area contributed by atoms with Gasteiger partial charge in [-0.2, -0.15) is 0 Å². The summed E-state index contributed by atoms with van der Waals surface area (Å²) >= 11 is 3.36. The first-order chi connectivity index (χ1) is 10.2. The molecular formula is C15H16BrN3O2. The van der Waals surface area contributed by atoms with Crippen molar-refractivity contribution in [1.29, 1.82) is 0 Å². The van der Waals surface area contributed by atoms with Gasteiger partial charge in [0, 0.05) is 23.8 Å². The van der Waals surface area contributed by atoms with Crippen molar-refractivity contribution in [2.24, 2.45) is 0 Å². The zero-order valence-corrected chi connectivity index (χ0v) is 13.2. The fourth-order valence-electron chi connectivity index (χ4n) is 1.69. The Kier molecular flexibility index (Phi) is 5.71. The van der Waals surface area contributed by atoms with Gasteiger partial charge in [-0.3, -0.25) is 4.79 Å². The fraction of sp³-hybridized carbons (Fsp3) is 0.200. The summed E-state index contributed by atoms with van der Waals surface area (Å²) < 4.78 is 5.86. The van der Waals surface area contributed by atoms with Crippen LogP contribution in [-0.4, -0.2) is 31.2 Å². The third-order valence-electron chi connectivity index (χ3n) is 2.71. The molecule has 0 aliphatic heterocycles. The van der Waals surface area contributed by atoms with Gasteiger partial charge in [-0.15, -0.1) is 0 Å². The molecule has 0 aliphatic carbocycles. The Bertz CT molecular complexity index is 602. The van der Waals surface area contributed by atoms with E-state index in [1.54, 1.807) is 19.4 Å². The topological polar surface area (TPSA) is 63.2 Å². The predicted octanol–water partition coefficient (Wildman–Crippen LogP) is 3.15. The number of benzene rings is 1. The first-order valence-electron chi connectivity index (χ1n) is 6.45. The van der Waals surface area contributed by atoms with Gasteiger partial charge in [0.2, 0.25) is 0 Å². The molecule has 0 unspecified atom stereocenters. The molecule has 0 fully saturated rings. The third-order valence-corrected chi connectivity index (χ3v) is 3.21. The SMILES string of the molecule is COCCNc1ccc(C(=O)Nc2cccc(Br)c2)nc1. The van der Waals surface area contributed by atoms with Crippen molar-refractivity contribution >= 4 is 33.2 Å². The first kappa shape index (κ1) is 15.5. The van der Waals surface area contributed by atoms with Crippen molar-refractivity contribution in [3.63, 3.8) is 0 Å². The van der Waals surface area contributed by atoms with E-state index in [0.29, 0.717) is 18.8 Å². The van der Waals surface area contributed by atoms with Crippen LogP contribution in [0.1, 0.15) is 10.5 Å². The summed E-state index contributed by atoms with van der Waals surface area (Å²) in [5.74, 6) is -0.239. The highest BCUT2D eigenvalue weighted by Crippen LogP contribution is 2.16. The first-order valence-corrected chi connectivity index (χ1v) is 7.24. The third kappa shape index (κ3) is 4.84. The molecule has 1 amide bonds. The minimum absolute atomic E-state index is 0.239. The van der Waals surface area contributed by atoms with Gasteiger partial charge in [-0.25, -0.2) is 4.98 Å². The van der Waals surface area contributed by atoms with Gasteiger partial charge in [0.05, 0.1) is 18.5 Å². The molecule has 21 heavy (non-hydrogen) atoms. The van der Waals surface area contributed by atoms with E-state index >= 15 is 0 Å². The minimum Gasteiger partial charge on any atom is -0.383 e. The highest BCUT2D eigenvalue weighted by Gasteiger charge is 2.07. The highest BCUT2D eigenvalue weighted by molar-refractivity contribution is 9.10. The lowest BCUT2D eigenvalue weighted by Gasteiger charge is -2.07. The van der Waals surface area contributed by atoms with Crippen molar-refractivity contribution in [3.05, 3.63) is 52.8 Å². The monoisotopic (exact) mass is 349 g/mol. The molecule has 0 saturated carbocycles. The molecule has 110 valence electrons. The van der Waals surface area contributed by atoms with Crippen LogP contribution >= 0.6 is 15.9 Å². The van der Waals surface area contributed by atoms with Gasteiger partial charge < -0.3 is 15.4 Å². The van der Waals surface area contributed by atoms with Gasteiger partial charge in [-0.05, 0) is 30.3 Å². The molecule has 1 heterocycles. The molecule has 0 atom stereocenters. The summed E-state index contributed by atoms with van der Waals surface area (Å²) in [5.41, 5.74) is 1.94. The molecule has 0 spiro atoms. The molecule has 2 aromatic rings. The second-order valence-corrected chi connectivity index (χ2v) is 5.23. The lowest BCUT2D eigenvalue weighted by atomic mass is 10.3. The van der Waals surface area contributed by atoms with Gasteiger partial charge in [0.1, 0.15) is 5.69 Å². The van der Waals surface area contributed by atoms with E-state index in [1.807, 2.05) is 30.3 Å². The van der Waals surface area contributed by atoms with Crippen LogP contribution in [0.2, 0.25) is 0 Å². The number of hydrogen-bond donors (Lipinski definition) is 2. The predicted molar refractivity (Wildman–Crippen MR) is 86.7 cm³/mol. The van der Waals surface area contributed by atoms with E-state index in [0.717, 1.165) is 15.8 Å². The Morgan fingerprint density at radius 3 is 2.81 bits per heavy atom. The van der Waals surface area contributed by atoms with E-state index in [2.05, 4.69) is 31.5 Å². The Morgan fingerprint density at radius 1 is 1.29 bits per heavy atom. The molecule has 0 radical (unpaired) electrons. The number of carbonyl (C=O) groups is 1. The Morgan fingerprint density at radius 2 is 2.14 bits per heavy atom. The maximum Gasteiger partial charge on any atom is 0.274 e. The van der Waals surface area contributed by atoms with Crippen molar-refractivity contribution < 1.29 is 9.53 Å². The van der Waals surface area contributed by atoms with E-state index in [9.17, 15) is 4.79 Å². The zero-order chi connectivity index (χ0) is 15.1. The smallest absolute Gasteiger partial charge is 0.274 e. The Labute approximate surface area is 131 Å². The molecule has 2 N–H and O–H groups in total. The number of amides is 1. The molecular weight excluding hydrogens is 334 g/mol. The maximum absolute atomic E-state index is 12.1. The van der Waals surface area contributed by atoms with E-state index < -0.39 is 0 Å². The summed E-state index contributed by atoms with van der Waals surface area (Å²) in [7, 11) is 1.65. The average Bonchev–Trinajstić information content (AvgIpc) is 2.48. The number of carbonyl (C=O) groups excluding carboxylic acids is 1. The number of halogens is 1. The molecule has 0 saturated heterocycles. The molecule has 0 bridgehead atoms. The van der Waals surface area contributed by atoms with Crippen molar-refractivity contribution in [1.82, 2.24) is 4.98 Å². The maximum atomic E-state index is 12.1. The summed E-state index contributed by atoms with van der Waals surface area (Å²) in [6.45, 7) is 1.31. The number of nitrogens with zero attached hydrogens (tertiary/aromatic N) is 1. The number of hydrogen-bond acceptors (Lipinski definition) is 4. The normalized spacial score (nSPS) is 10.2. The van der Waals surface area contributed by atoms with Gasteiger partial charge >= 0.3 is 0 Å². The second-order valence-electron chi connectivity index (χ2n) is 4.32. The number of pyridine rings is 1. The molecule has 6 heteroatoms. The molecule has 2 rings (SSSR count). The van der Waals surface area contributed by atoms with E-state index in [-0.39, 0.29) is 5.91 Å². The number of ether oxygens (including phenoxy) is 1. The molecule has 1 aromatic heterocycles. The van der Waals surface area contributed by atoms with Gasteiger partial charge in [0.15, 0.2) is 0 Å². The lowest BCUT2D eigenvalue weighted by molar-refractivity contribution is 0.102. The number of aromatic nitrogens is 1. The van der Waals surface area contributed by atoms with Crippen LogP contribution in [-0.2, 0) is 4.74 Å². The highest BCUT2D eigenvalue weighted by atomic mass is 79.9. The summed E-state index contributed by atoms with van der Waals surface area (Å²) in [5, 5.41) is 5.94. The summed E-state index contributed by atoms with van der Waals surface area (Å²) in [4.78, 5) is 16.2. The largest absolute Gasteiger partial charge is 0.383 e. The van der Waals surface area contributed by atoms with Crippen molar-refractivity contribution in [2.75, 3.05) is 30.9 Å². The molecule has 5 nitrogen and oxygen atoms in total. The van der Waals surface area contributed by atoms with Crippen LogP contribution < -0.4 is 10.6 Å². The number of nitrogens with one attached hydrogen (secondary N) is 2. The van der Waals surface area contributed by atoms with Crippen LogP contribution in [0.3, 0.4) is 0 Å². The van der Waals surface area contributed by atoms with Gasteiger partial charge in [-0.1, -0.05) is 22.0 Å². The Hall–Kier alpha value is -1.92. The quantitative estimate of drug-likeness (QED) is 0.786. The summed E-state index contributed by atoms with van der Waals surface area (Å²) in [6, 6.07) is 10.9. The number of methoxy groups -OCH3 is 1. The molecule has 1 aromatic carbocycles. The van der Waals surface area contributed by atoms with Crippen molar-refractivity contribution in [3.8, 4) is 0 Å².